The molecule has 98 valence electrons. The van der Waals surface area contributed by atoms with Crippen molar-refractivity contribution in [1.29, 1.82) is 0 Å². The van der Waals surface area contributed by atoms with Gasteiger partial charge < -0.3 is 10.6 Å². The Hall–Kier alpha value is -1.35. The first-order valence-electron chi connectivity index (χ1n) is 6.77. The van der Waals surface area contributed by atoms with Gasteiger partial charge in [-0.05, 0) is 24.0 Å². The van der Waals surface area contributed by atoms with Crippen molar-refractivity contribution in [2.45, 2.75) is 32.7 Å². The van der Waals surface area contributed by atoms with Gasteiger partial charge in [-0.2, -0.15) is 0 Å². The summed E-state index contributed by atoms with van der Waals surface area (Å²) >= 11 is 0. The minimum absolute atomic E-state index is 0.0523. The fourth-order valence-electron chi connectivity index (χ4n) is 2.63. The molecule has 2 unspecified atom stereocenters. The van der Waals surface area contributed by atoms with Crippen molar-refractivity contribution in [1.82, 2.24) is 4.90 Å². The summed E-state index contributed by atoms with van der Waals surface area (Å²) in [5, 5.41) is 0. The summed E-state index contributed by atoms with van der Waals surface area (Å²) in [5.74, 6) is 0.326. The molecule has 0 spiro atoms. The maximum atomic E-state index is 12.4. The molecule has 2 N–H and O–H groups in total. The van der Waals surface area contributed by atoms with Crippen LogP contribution in [0.2, 0.25) is 0 Å². The molecule has 0 saturated carbocycles. The number of benzene rings is 1. The van der Waals surface area contributed by atoms with Crippen LogP contribution in [0.25, 0.3) is 0 Å². The molecule has 0 bridgehead atoms. The number of nitrogens with two attached hydrogens (primary N) is 1. The van der Waals surface area contributed by atoms with Crippen LogP contribution in [0.4, 0.5) is 0 Å². The molecule has 1 aromatic rings. The Morgan fingerprint density at radius 1 is 1.50 bits per heavy atom. The number of carbonyl (C=O) groups excluding carboxylic acids is 1. The van der Waals surface area contributed by atoms with Crippen LogP contribution in [0.15, 0.2) is 24.3 Å². The van der Waals surface area contributed by atoms with Crippen molar-refractivity contribution < 1.29 is 4.79 Å². The van der Waals surface area contributed by atoms with Gasteiger partial charge in [0.15, 0.2) is 0 Å². The summed E-state index contributed by atoms with van der Waals surface area (Å²) in [6.45, 7) is 5.34. The predicted octanol–water partition coefficient (Wildman–Crippen LogP) is 2.12. The van der Waals surface area contributed by atoms with Gasteiger partial charge in [0, 0.05) is 19.0 Å². The summed E-state index contributed by atoms with van der Waals surface area (Å²) in [5.41, 5.74) is 8.45. The van der Waals surface area contributed by atoms with Gasteiger partial charge in [-0.3, -0.25) is 4.79 Å². The van der Waals surface area contributed by atoms with E-state index in [2.05, 4.69) is 25.1 Å². The average Bonchev–Trinajstić information content (AvgIpc) is 2.44. The molecule has 0 aliphatic carbocycles. The standard InChI is InChI=1S/C15H22N2O/c1-3-11(2)15(18)17-9-8-12-6-4-5-7-13(12)14(17)10-16/h4-7,11,14H,3,8-10,16H2,1-2H3. The molecule has 1 aliphatic rings. The zero-order valence-electron chi connectivity index (χ0n) is 11.2. The highest BCUT2D eigenvalue weighted by Gasteiger charge is 2.31. The molecule has 0 fully saturated rings. The maximum Gasteiger partial charge on any atom is 0.225 e. The lowest BCUT2D eigenvalue weighted by atomic mass is 9.91. The topological polar surface area (TPSA) is 46.3 Å². The lowest BCUT2D eigenvalue weighted by molar-refractivity contribution is -0.137. The quantitative estimate of drug-likeness (QED) is 0.888. The lowest BCUT2D eigenvalue weighted by Crippen LogP contribution is -2.45. The second kappa shape index (κ2) is 5.53. The first-order valence-corrected chi connectivity index (χ1v) is 6.77. The van der Waals surface area contributed by atoms with Crippen LogP contribution in [-0.2, 0) is 11.2 Å². The average molecular weight is 246 g/mol. The summed E-state index contributed by atoms with van der Waals surface area (Å²) in [7, 11) is 0. The largest absolute Gasteiger partial charge is 0.334 e. The molecule has 2 rings (SSSR count). The van der Waals surface area contributed by atoms with Crippen LogP contribution < -0.4 is 5.73 Å². The number of fused-ring (bicyclic) bond motifs is 1. The number of rotatable bonds is 3. The molecule has 2 atom stereocenters. The highest BCUT2D eigenvalue weighted by molar-refractivity contribution is 5.79. The third-order valence-corrected chi connectivity index (χ3v) is 3.95. The van der Waals surface area contributed by atoms with Crippen LogP contribution in [0.1, 0.15) is 37.4 Å². The van der Waals surface area contributed by atoms with Gasteiger partial charge in [-0.1, -0.05) is 38.1 Å². The third-order valence-electron chi connectivity index (χ3n) is 3.95. The summed E-state index contributed by atoms with van der Waals surface area (Å²) in [4.78, 5) is 14.3. The second-order valence-corrected chi connectivity index (χ2v) is 5.04. The van der Waals surface area contributed by atoms with E-state index in [-0.39, 0.29) is 17.9 Å². The molecule has 0 saturated heterocycles. The van der Waals surface area contributed by atoms with E-state index >= 15 is 0 Å². The Bertz CT molecular complexity index is 430. The van der Waals surface area contributed by atoms with Crippen LogP contribution in [0, 0.1) is 5.92 Å². The predicted molar refractivity (Wildman–Crippen MR) is 73.1 cm³/mol. The van der Waals surface area contributed by atoms with Crippen LogP contribution >= 0.6 is 0 Å². The summed E-state index contributed by atoms with van der Waals surface area (Å²) in [6, 6.07) is 8.37. The second-order valence-electron chi connectivity index (χ2n) is 5.04. The highest BCUT2D eigenvalue weighted by Crippen LogP contribution is 2.30. The van der Waals surface area contributed by atoms with E-state index in [1.54, 1.807) is 0 Å². The third kappa shape index (κ3) is 2.27. The van der Waals surface area contributed by atoms with Gasteiger partial charge in [0.25, 0.3) is 0 Å². The van der Waals surface area contributed by atoms with E-state index < -0.39 is 0 Å². The molecule has 3 nitrogen and oxygen atoms in total. The van der Waals surface area contributed by atoms with Gasteiger partial charge in [0.2, 0.25) is 5.91 Å². The molecule has 3 heteroatoms. The molecular weight excluding hydrogens is 224 g/mol. The molecule has 0 radical (unpaired) electrons. The van der Waals surface area contributed by atoms with Crippen molar-refractivity contribution in [3.05, 3.63) is 35.4 Å². The number of nitrogens with zero attached hydrogens (tertiary/aromatic N) is 1. The first-order chi connectivity index (χ1) is 8.69. The van der Waals surface area contributed by atoms with Crippen molar-refractivity contribution in [2.24, 2.45) is 11.7 Å². The van der Waals surface area contributed by atoms with Gasteiger partial charge in [0.05, 0.1) is 6.04 Å². The normalized spacial score (nSPS) is 20.4. The fourth-order valence-corrected chi connectivity index (χ4v) is 2.63. The van der Waals surface area contributed by atoms with E-state index in [0.717, 1.165) is 19.4 Å². The van der Waals surface area contributed by atoms with Crippen LogP contribution in [0.3, 0.4) is 0 Å². The maximum absolute atomic E-state index is 12.4. The Morgan fingerprint density at radius 2 is 2.22 bits per heavy atom. The molecule has 18 heavy (non-hydrogen) atoms. The van der Waals surface area contributed by atoms with Crippen LogP contribution in [0.5, 0.6) is 0 Å². The Labute approximate surface area is 109 Å². The first kappa shape index (κ1) is 13.1. The minimum atomic E-state index is 0.0523. The van der Waals surface area contributed by atoms with Gasteiger partial charge >= 0.3 is 0 Å². The molecule has 0 aromatic heterocycles. The Morgan fingerprint density at radius 3 is 2.89 bits per heavy atom. The highest BCUT2D eigenvalue weighted by atomic mass is 16.2. The van der Waals surface area contributed by atoms with Crippen molar-refractivity contribution >= 4 is 5.91 Å². The van der Waals surface area contributed by atoms with Crippen molar-refractivity contribution in [2.75, 3.05) is 13.1 Å². The molecule has 1 amide bonds. The minimum Gasteiger partial charge on any atom is -0.334 e. The van der Waals surface area contributed by atoms with E-state index in [9.17, 15) is 4.79 Å². The SMILES string of the molecule is CCC(C)C(=O)N1CCc2ccccc2C1CN. The van der Waals surface area contributed by atoms with Crippen molar-refractivity contribution in [3.63, 3.8) is 0 Å². The zero-order valence-corrected chi connectivity index (χ0v) is 11.2. The van der Waals surface area contributed by atoms with Gasteiger partial charge in [0.1, 0.15) is 0 Å². The molecule has 1 aliphatic heterocycles. The van der Waals surface area contributed by atoms with Crippen LogP contribution in [-0.4, -0.2) is 23.9 Å². The fraction of sp³-hybridized carbons (Fsp3) is 0.533. The van der Waals surface area contributed by atoms with Gasteiger partial charge in [-0.25, -0.2) is 0 Å². The number of hydrogen-bond donors (Lipinski definition) is 1. The Kier molecular flexibility index (Phi) is 4.02. The van der Waals surface area contributed by atoms with E-state index in [1.165, 1.54) is 11.1 Å². The molecule has 1 aromatic carbocycles. The zero-order chi connectivity index (χ0) is 13.1. The number of amides is 1. The molecular formula is C15H22N2O. The van der Waals surface area contributed by atoms with E-state index in [1.807, 2.05) is 17.9 Å². The molecule has 1 heterocycles. The van der Waals surface area contributed by atoms with E-state index in [0.29, 0.717) is 6.54 Å². The monoisotopic (exact) mass is 246 g/mol. The van der Waals surface area contributed by atoms with Gasteiger partial charge in [-0.15, -0.1) is 0 Å². The van der Waals surface area contributed by atoms with E-state index in [4.69, 9.17) is 5.73 Å². The summed E-state index contributed by atoms with van der Waals surface area (Å²) < 4.78 is 0. The number of carbonyl (C=O) groups is 1. The lowest BCUT2D eigenvalue weighted by Gasteiger charge is -2.38. The van der Waals surface area contributed by atoms with Crippen molar-refractivity contribution in [3.8, 4) is 0 Å². The Balaban J connectivity index is 2.28. The summed E-state index contributed by atoms with van der Waals surface area (Å²) in [6.07, 6.45) is 1.82. The number of hydrogen-bond acceptors (Lipinski definition) is 2. The smallest absolute Gasteiger partial charge is 0.225 e.